The van der Waals surface area contributed by atoms with Gasteiger partial charge in [-0.1, -0.05) is 82.0 Å². The minimum Gasteiger partial charge on any atom is -0.325 e. The van der Waals surface area contributed by atoms with Crippen LogP contribution in [0.25, 0.3) is 0 Å². The third-order valence-corrected chi connectivity index (χ3v) is 3.98. The molecule has 118 valence electrons. The molecule has 0 aromatic heterocycles. The van der Waals surface area contributed by atoms with Crippen LogP contribution in [0.5, 0.6) is 0 Å². The van der Waals surface area contributed by atoms with Crippen LogP contribution in [-0.4, -0.2) is 5.91 Å². The molecule has 0 aliphatic heterocycles. The number of anilines is 1. The van der Waals surface area contributed by atoms with Crippen molar-refractivity contribution in [1.82, 2.24) is 0 Å². The van der Waals surface area contributed by atoms with Crippen LogP contribution in [0.3, 0.4) is 0 Å². The molecule has 0 fully saturated rings. The first-order valence-corrected chi connectivity index (χ1v) is 8.66. The summed E-state index contributed by atoms with van der Waals surface area (Å²) in [5.74, 6) is 0.0612. The summed E-state index contributed by atoms with van der Waals surface area (Å²) in [6.45, 7) is 2.24. The second kappa shape index (κ2) is 11.6. The minimum absolute atomic E-state index is 0.0612. The first-order valence-electron chi connectivity index (χ1n) is 8.28. The first kappa shape index (κ1) is 18.0. The van der Waals surface area contributed by atoms with Crippen LogP contribution in [0.4, 0.5) is 5.69 Å². The van der Waals surface area contributed by atoms with Gasteiger partial charge in [0.2, 0.25) is 5.91 Å². The van der Waals surface area contributed by atoms with Crippen LogP contribution in [-0.2, 0) is 4.79 Å². The number of benzene rings is 1. The average molecular weight is 310 g/mol. The van der Waals surface area contributed by atoms with Gasteiger partial charge in [0.15, 0.2) is 0 Å². The van der Waals surface area contributed by atoms with Crippen LogP contribution < -0.4 is 5.32 Å². The van der Waals surface area contributed by atoms with Crippen LogP contribution in [0, 0.1) is 0 Å². The maximum absolute atomic E-state index is 11.8. The zero-order chi connectivity index (χ0) is 15.3. The van der Waals surface area contributed by atoms with E-state index in [4.69, 9.17) is 11.6 Å². The van der Waals surface area contributed by atoms with Crippen LogP contribution in [0.2, 0.25) is 5.02 Å². The summed E-state index contributed by atoms with van der Waals surface area (Å²) >= 11 is 6.01. The van der Waals surface area contributed by atoms with E-state index in [9.17, 15) is 4.79 Å². The lowest BCUT2D eigenvalue weighted by Gasteiger charge is -2.06. The molecule has 0 aliphatic rings. The van der Waals surface area contributed by atoms with Gasteiger partial charge in [0.25, 0.3) is 0 Å². The summed E-state index contributed by atoms with van der Waals surface area (Å²) in [6, 6.07) is 7.35. The van der Waals surface area contributed by atoms with Gasteiger partial charge in [-0.25, -0.2) is 0 Å². The zero-order valence-electron chi connectivity index (χ0n) is 13.2. The van der Waals surface area contributed by atoms with Crippen molar-refractivity contribution < 1.29 is 4.79 Å². The Morgan fingerprint density at radius 3 is 2.14 bits per heavy atom. The van der Waals surface area contributed by atoms with Crippen molar-refractivity contribution in [3.05, 3.63) is 29.3 Å². The lowest BCUT2D eigenvalue weighted by molar-refractivity contribution is -0.116. The summed E-state index contributed by atoms with van der Waals surface area (Å²) in [5.41, 5.74) is 0.708. The van der Waals surface area contributed by atoms with E-state index in [1.165, 1.54) is 44.9 Å². The van der Waals surface area contributed by atoms with Crippen molar-refractivity contribution in [2.24, 2.45) is 0 Å². The number of halogens is 1. The molecule has 0 heterocycles. The third-order valence-electron chi connectivity index (χ3n) is 3.66. The minimum atomic E-state index is 0.0612. The van der Waals surface area contributed by atoms with Crippen molar-refractivity contribution in [3.8, 4) is 0 Å². The summed E-state index contributed by atoms with van der Waals surface area (Å²) in [6.07, 6.45) is 12.0. The molecule has 3 heteroatoms. The Labute approximate surface area is 134 Å². The highest BCUT2D eigenvalue weighted by Crippen LogP contribution is 2.20. The van der Waals surface area contributed by atoms with Crippen molar-refractivity contribution in [2.45, 2.75) is 71.1 Å². The normalized spacial score (nSPS) is 10.6. The number of nitrogens with one attached hydrogen (secondary N) is 1. The molecule has 0 radical (unpaired) electrons. The summed E-state index contributed by atoms with van der Waals surface area (Å²) in [5, 5.41) is 3.46. The number of amides is 1. The monoisotopic (exact) mass is 309 g/mol. The van der Waals surface area contributed by atoms with Gasteiger partial charge in [-0.3, -0.25) is 4.79 Å². The summed E-state index contributed by atoms with van der Waals surface area (Å²) in [4.78, 5) is 11.8. The topological polar surface area (TPSA) is 29.1 Å². The second-order valence-corrected chi connectivity index (χ2v) is 6.01. The molecule has 2 nitrogen and oxygen atoms in total. The number of hydrogen-bond acceptors (Lipinski definition) is 1. The summed E-state index contributed by atoms with van der Waals surface area (Å²) < 4.78 is 0. The molecule has 0 bridgehead atoms. The molecule has 0 unspecified atom stereocenters. The van der Waals surface area contributed by atoms with Gasteiger partial charge in [-0.05, 0) is 18.6 Å². The smallest absolute Gasteiger partial charge is 0.224 e. The number of para-hydroxylation sites is 1. The fourth-order valence-corrected chi connectivity index (χ4v) is 2.55. The van der Waals surface area contributed by atoms with Crippen molar-refractivity contribution in [2.75, 3.05) is 5.32 Å². The van der Waals surface area contributed by atoms with Crippen LogP contribution in [0.15, 0.2) is 24.3 Å². The molecular formula is C18H28ClNO. The van der Waals surface area contributed by atoms with Gasteiger partial charge < -0.3 is 5.32 Å². The molecule has 21 heavy (non-hydrogen) atoms. The van der Waals surface area contributed by atoms with E-state index in [0.717, 1.165) is 12.8 Å². The number of carbonyl (C=O) groups excluding carboxylic acids is 1. The van der Waals surface area contributed by atoms with E-state index in [0.29, 0.717) is 17.1 Å². The molecule has 0 aliphatic carbocycles. The lowest BCUT2D eigenvalue weighted by atomic mass is 10.1. The fraction of sp³-hybridized carbons (Fsp3) is 0.611. The Balaban J connectivity index is 2.00. The number of rotatable bonds is 11. The van der Waals surface area contributed by atoms with E-state index >= 15 is 0 Å². The van der Waals surface area contributed by atoms with E-state index in [2.05, 4.69) is 12.2 Å². The quantitative estimate of drug-likeness (QED) is 0.484. The predicted octanol–water partition coefficient (Wildman–Crippen LogP) is 6.20. The van der Waals surface area contributed by atoms with E-state index in [1.54, 1.807) is 6.07 Å². The average Bonchev–Trinajstić information content (AvgIpc) is 2.48. The van der Waals surface area contributed by atoms with Gasteiger partial charge in [-0.15, -0.1) is 0 Å². The highest BCUT2D eigenvalue weighted by molar-refractivity contribution is 6.33. The number of carbonyl (C=O) groups is 1. The molecular weight excluding hydrogens is 282 g/mol. The van der Waals surface area contributed by atoms with E-state index in [-0.39, 0.29) is 5.91 Å². The molecule has 1 amide bonds. The largest absolute Gasteiger partial charge is 0.325 e. The number of hydrogen-bond donors (Lipinski definition) is 1. The number of unbranched alkanes of at least 4 members (excludes halogenated alkanes) is 8. The molecule has 0 saturated carbocycles. The third kappa shape index (κ3) is 8.77. The Kier molecular flexibility index (Phi) is 9.98. The molecule has 1 N–H and O–H groups in total. The van der Waals surface area contributed by atoms with E-state index < -0.39 is 0 Å². The molecule has 1 rings (SSSR count). The fourth-order valence-electron chi connectivity index (χ4n) is 2.37. The Bertz CT molecular complexity index is 406. The summed E-state index contributed by atoms with van der Waals surface area (Å²) in [7, 11) is 0. The van der Waals surface area contributed by atoms with Crippen molar-refractivity contribution in [1.29, 1.82) is 0 Å². The molecule has 0 atom stereocenters. The van der Waals surface area contributed by atoms with Gasteiger partial charge in [0, 0.05) is 6.42 Å². The highest BCUT2D eigenvalue weighted by Gasteiger charge is 2.04. The van der Waals surface area contributed by atoms with Crippen molar-refractivity contribution in [3.63, 3.8) is 0 Å². The van der Waals surface area contributed by atoms with Gasteiger partial charge in [0.1, 0.15) is 0 Å². The van der Waals surface area contributed by atoms with Crippen LogP contribution in [0.1, 0.15) is 71.1 Å². The standard InChI is InChI=1S/C18H28ClNO/c1-2-3-4-5-6-7-8-9-10-15-18(21)20-17-14-12-11-13-16(17)19/h11-14H,2-10,15H2,1H3,(H,20,21). The molecule has 1 aromatic rings. The molecule has 0 saturated heterocycles. The zero-order valence-corrected chi connectivity index (χ0v) is 13.9. The van der Waals surface area contributed by atoms with Gasteiger partial charge in [-0.2, -0.15) is 0 Å². The van der Waals surface area contributed by atoms with Crippen molar-refractivity contribution >= 4 is 23.2 Å². The molecule has 1 aromatic carbocycles. The maximum Gasteiger partial charge on any atom is 0.224 e. The first-order chi connectivity index (χ1) is 10.2. The predicted molar refractivity (Wildman–Crippen MR) is 91.9 cm³/mol. The second-order valence-electron chi connectivity index (χ2n) is 5.61. The molecule has 0 spiro atoms. The Morgan fingerprint density at radius 1 is 0.952 bits per heavy atom. The van der Waals surface area contributed by atoms with Gasteiger partial charge in [0.05, 0.1) is 10.7 Å². The van der Waals surface area contributed by atoms with E-state index in [1.807, 2.05) is 18.2 Å². The van der Waals surface area contributed by atoms with Gasteiger partial charge >= 0.3 is 0 Å². The van der Waals surface area contributed by atoms with Crippen LogP contribution >= 0.6 is 11.6 Å². The SMILES string of the molecule is CCCCCCCCCCCC(=O)Nc1ccccc1Cl. The lowest BCUT2D eigenvalue weighted by Crippen LogP contribution is -2.11. The highest BCUT2D eigenvalue weighted by atomic mass is 35.5. The Morgan fingerprint density at radius 2 is 1.52 bits per heavy atom. The Hall–Kier alpha value is -1.02. The maximum atomic E-state index is 11.8.